The summed E-state index contributed by atoms with van der Waals surface area (Å²) in [7, 11) is -7.01. The van der Waals surface area contributed by atoms with Gasteiger partial charge in [-0.25, -0.2) is 21.1 Å². The van der Waals surface area contributed by atoms with Crippen LogP contribution in [0, 0.1) is 5.92 Å². The van der Waals surface area contributed by atoms with Gasteiger partial charge in [0.2, 0.25) is 26.0 Å². The van der Waals surface area contributed by atoms with Crippen molar-refractivity contribution in [3.8, 4) is 5.75 Å². The molecule has 0 spiro atoms. The minimum Gasteiger partial charge on any atom is -0.492 e. The van der Waals surface area contributed by atoms with Crippen LogP contribution in [0.4, 0.5) is 0 Å². The molecule has 0 unspecified atom stereocenters. The molecule has 2 aliphatic rings. The molecule has 1 N–H and O–H groups in total. The number of sulfonamides is 2. The molecule has 0 atom stereocenters. The Morgan fingerprint density at radius 2 is 1.55 bits per heavy atom. The van der Waals surface area contributed by atoms with E-state index in [2.05, 4.69) is 21.2 Å². The Bertz CT molecular complexity index is 1290. The number of carbonyl (C=O) groups is 1. The van der Waals surface area contributed by atoms with Gasteiger partial charge in [-0.1, -0.05) is 28.1 Å². The zero-order valence-electron chi connectivity index (χ0n) is 20.9. The molecule has 2 aromatic carbocycles. The lowest BCUT2D eigenvalue weighted by Crippen LogP contribution is -2.43. The number of amides is 1. The maximum absolute atomic E-state index is 12.8. The molecule has 10 nitrogen and oxygen atoms in total. The van der Waals surface area contributed by atoms with Crippen LogP contribution in [0.5, 0.6) is 5.75 Å². The summed E-state index contributed by atoms with van der Waals surface area (Å²) in [5.41, 5.74) is 0.724. The van der Waals surface area contributed by atoms with Crippen LogP contribution in [0.1, 0.15) is 18.4 Å². The summed E-state index contributed by atoms with van der Waals surface area (Å²) < 4.78 is 65.6. The van der Waals surface area contributed by atoms with Crippen molar-refractivity contribution in [1.82, 2.24) is 13.9 Å². The van der Waals surface area contributed by atoms with Crippen LogP contribution < -0.4 is 10.1 Å². The maximum Gasteiger partial charge on any atom is 0.243 e. The Labute approximate surface area is 232 Å². The summed E-state index contributed by atoms with van der Waals surface area (Å²) in [5, 5.41) is 2.85. The van der Waals surface area contributed by atoms with Gasteiger partial charge >= 0.3 is 0 Å². The molecular weight excluding hydrogens is 598 g/mol. The predicted molar refractivity (Wildman–Crippen MR) is 146 cm³/mol. The van der Waals surface area contributed by atoms with Crippen LogP contribution in [-0.4, -0.2) is 83.9 Å². The van der Waals surface area contributed by atoms with Gasteiger partial charge in [-0.05, 0) is 54.8 Å². The largest absolute Gasteiger partial charge is 0.492 e. The van der Waals surface area contributed by atoms with Crippen LogP contribution in [0.25, 0.3) is 0 Å². The quantitative estimate of drug-likeness (QED) is 0.400. The van der Waals surface area contributed by atoms with Crippen molar-refractivity contribution in [2.45, 2.75) is 23.5 Å². The first kappa shape index (κ1) is 29.0. The molecule has 0 aromatic heterocycles. The second-order valence-corrected chi connectivity index (χ2v) is 14.0. The summed E-state index contributed by atoms with van der Waals surface area (Å²) in [6.45, 7) is 2.58. The first-order valence-corrected chi connectivity index (χ1v) is 16.3. The van der Waals surface area contributed by atoms with Crippen LogP contribution in [0.15, 0.2) is 57.9 Å². The van der Waals surface area contributed by atoms with Gasteiger partial charge in [0.1, 0.15) is 12.4 Å². The van der Waals surface area contributed by atoms with Crippen molar-refractivity contribution in [3.63, 3.8) is 0 Å². The van der Waals surface area contributed by atoms with Crippen molar-refractivity contribution in [2.75, 3.05) is 52.5 Å². The van der Waals surface area contributed by atoms with Crippen molar-refractivity contribution < 1.29 is 31.1 Å². The number of morpholine rings is 1. The SMILES string of the molecule is O=C(NCCOc1ccc(S(=O)(=O)N2CCOCC2)cc1)C1CCN(S(=O)(=O)Cc2ccc(Br)cc2)CC1. The molecule has 13 heteroatoms. The molecule has 1 amide bonds. The number of nitrogens with one attached hydrogen (secondary N) is 1. The van der Waals surface area contributed by atoms with Crippen molar-refractivity contribution in [2.24, 2.45) is 5.92 Å². The second kappa shape index (κ2) is 12.9. The molecule has 2 aliphatic heterocycles. The van der Waals surface area contributed by atoms with Gasteiger partial charge < -0.3 is 14.8 Å². The van der Waals surface area contributed by atoms with Gasteiger partial charge in [0, 0.05) is 36.6 Å². The lowest BCUT2D eigenvalue weighted by atomic mass is 9.97. The van der Waals surface area contributed by atoms with Gasteiger partial charge in [0.05, 0.1) is 30.4 Å². The zero-order chi connectivity index (χ0) is 27.2. The van der Waals surface area contributed by atoms with E-state index in [9.17, 15) is 21.6 Å². The number of piperidine rings is 1. The molecule has 38 heavy (non-hydrogen) atoms. The van der Waals surface area contributed by atoms with E-state index in [-0.39, 0.29) is 35.6 Å². The average molecular weight is 631 g/mol. The zero-order valence-corrected chi connectivity index (χ0v) is 24.1. The molecule has 0 radical (unpaired) electrons. The Kier molecular flexibility index (Phi) is 9.82. The molecule has 2 fully saturated rings. The Hall–Kier alpha value is -2.03. The highest BCUT2D eigenvalue weighted by atomic mass is 79.9. The lowest BCUT2D eigenvalue weighted by Gasteiger charge is -2.30. The number of hydrogen-bond donors (Lipinski definition) is 1. The molecule has 0 saturated carbocycles. The van der Waals surface area contributed by atoms with Gasteiger partial charge in [0.25, 0.3) is 0 Å². The number of halogens is 1. The van der Waals surface area contributed by atoms with E-state index >= 15 is 0 Å². The maximum atomic E-state index is 12.8. The second-order valence-electron chi connectivity index (χ2n) is 9.18. The van der Waals surface area contributed by atoms with E-state index in [1.54, 1.807) is 24.3 Å². The number of nitrogens with zero attached hydrogens (tertiary/aromatic N) is 2. The average Bonchev–Trinajstić information content (AvgIpc) is 2.93. The topological polar surface area (TPSA) is 122 Å². The van der Waals surface area contributed by atoms with E-state index in [1.807, 2.05) is 12.1 Å². The van der Waals surface area contributed by atoms with E-state index < -0.39 is 20.0 Å². The molecular formula is C25H32BrN3O7S2. The van der Waals surface area contributed by atoms with Gasteiger partial charge in [-0.15, -0.1) is 0 Å². The first-order chi connectivity index (χ1) is 18.1. The highest BCUT2D eigenvalue weighted by molar-refractivity contribution is 9.10. The summed E-state index contributed by atoms with van der Waals surface area (Å²) in [4.78, 5) is 12.8. The fraction of sp³-hybridized carbons (Fsp3) is 0.480. The third-order valence-electron chi connectivity index (χ3n) is 6.58. The molecule has 4 rings (SSSR count). The Balaban J connectivity index is 1.17. The summed E-state index contributed by atoms with van der Waals surface area (Å²) >= 11 is 3.35. The van der Waals surface area contributed by atoms with E-state index in [4.69, 9.17) is 9.47 Å². The number of rotatable bonds is 10. The molecule has 2 heterocycles. The predicted octanol–water partition coefficient (Wildman–Crippen LogP) is 2.21. The molecule has 2 aromatic rings. The fourth-order valence-corrected chi connectivity index (χ4v) is 7.65. The molecule has 0 bridgehead atoms. The van der Waals surface area contributed by atoms with Crippen molar-refractivity contribution >= 4 is 41.9 Å². The van der Waals surface area contributed by atoms with Gasteiger partial charge in [0.15, 0.2) is 0 Å². The summed E-state index contributed by atoms with van der Waals surface area (Å²) in [6.07, 6.45) is 0.927. The first-order valence-electron chi connectivity index (χ1n) is 12.5. The van der Waals surface area contributed by atoms with E-state index in [0.29, 0.717) is 58.0 Å². The molecule has 2 saturated heterocycles. The number of carbonyl (C=O) groups excluding carboxylic acids is 1. The number of ether oxygens (including phenoxy) is 2. The standard InChI is InChI=1S/C25H32BrN3O7S2/c26-22-3-1-20(2-4-22)19-37(31,32)28-12-9-21(10-13-28)25(30)27-11-16-36-23-5-7-24(8-6-23)38(33,34)29-14-17-35-18-15-29/h1-8,21H,9-19H2,(H,27,30). The minimum atomic E-state index is -3.56. The Morgan fingerprint density at radius 1 is 0.921 bits per heavy atom. The number of benzene rings is 2. The number of hydrogen-bond acceptors (Lipinski definition) is 7. The van der Waals surface area contributed by atoms with Gasteiger partial charge in [-0.2, -0.15) is 4.31 Å². The van der Waals surface area contributed by atoms with Crippen LogP contribution in [0.3, 0.4) is 0 Å². The lowest BCUT2D eigenvalue weighted by molar-refractivity contribution is -0.126. The van der Waals surface area contributed by atoms with Crippen LogP contribution in [-0.2, 0) is 35.3 Å². The highest BCUT2D eigenvalue weighted by Crippen LogP contribution is 2.23. The minimum absolute atomic E-state index is 0.0609. The van der Waals surface area contributed by atoms with E-state index in [0.717, 1.165) is 10.0 Å². The summed E-state index contributed by atoms with van der Waals surface area (Å²) in [6, 6.07) is 13.4. The van der Waals surface area contributed by atoms with E-state index in [1.165, 1.54) is 20.7 Å². The van der Waals surface area contributed by atoms with Crippen LogP contribution in [0.2, 0.25) is 0 Å². The molecule has 0 aliphatic carbocycles. The smallest absolute Gasteiger partial charge is 0.243 e. The highest BCUT2D eigenvalue weighted by Gasteiger charge is 2.31. The molecule has 208 valence electrons. The van der Waals surface area contributed by atoms with Crippen molar-refractivity contribution in [3.05, 3.63) is 58.6 Å². The third-order valence-corrected chi connectivity index (χ3v) is 10.9. The third kappa shape index (κ3) is 7.54. The Morgan fingerprint density at radius 3 is 2.18 bits per heavy atom. The van der Waals surface area contributed by atoms with Crippen molar-refractivity contribution in [1.29, 1.82) is 0 Å². The van der Waals surface area contributed by atoms with Gasteiger partial charge in [-0.3, -0.25) is 4.79 Å². The summed E-state index contributed by atoms with van der Waals surface area (Å²) in [5.74, 6) is 0.0722. The van der Waals surface area contributed by atoms with Crippen LogP contribution >= 0.6 is 15.9 Å². The fourth-order valence-electron chi connectivity index (χ4n) is 4.41. The normalized spacial score (nSPS) is 18.2. The monoisotopic (exact) mass is 629 g/mol.